The minimum absolute atomic E-state index is 0.00743. The summed E-state index contributed by atoms with van der Waals surface area (Å²) in [5, 5.41) is 0. The number of aromatic nitrogens is 2. The number of fused-ring (bicyclic) bond motifs is 6. The molecule has 18 nitrogen and oxygen atoms in total. The van der Waals surface area contributed by atoms with Crippen molar-refractivity contribution in [2.24, 2.45) is 40.9 Å². The summed E-state index contributed by atoms with van der Waals surface area (Å²) in [5.74, 6) is -9.59. The first kappa shape index (κ1) is 72.3. The molecule has 6 bridgehead atoms. The first-order valence-corrected chi connectivity index (χ1v) is 35.2. The lowest BCUT2D eigenvalue weighted by Crippen LogP contribution is -2.51. The van der Waals surface area contributed by atoms with E-state index in [-0.39, 0.29) is 163 Å². The summed E-state index contributed by atoms with van der Waals surface area (Å²) in [6.07, 6.45) is 14.5. The van der Waals surface area contributed by atoms with E-state index in [1.807, 2.05) is 9.80 Å². The second-order valence-corrected chi connectivity index (χ2v) is 30.6. The van der Waals surface area contributed by atoms with Crippen LogP contribution in [0.15, 0.2) is 48.8 Å². The average molecular weight is 1370 g/mol. The number of ketones is 2. The van der Waals surface area contributed by atoms with E-state index in [0.29, 0.717) is 68.8 Å². The van der Waals surface area contributed by atoms with Crippen molar-refractivity contribution in [3.05, 3.63) is 129 Å². The van der Waals surface area contributed by atoms with Gasteiger partial charge in [0.25, 0.3) is 10.2 Å². The molecule has 29 heteroatoms. The molecule has 11 rings (SSSR count). The Morgan fingerprint density at radius 1 is 0.511 bits per heavy atom. The van der Waals surface area contributed by atoms with Gasteiger partial charge in [0, 0.05) is 131 Å². The van der Waals surface area contributed by atoms with Crippen LogP contribution in [0.25, 0.3) is 0 Å². The van der Waals surface area contributed by atoms with E-state index in [1.165, 1.54) is 30.8 Å². The predicted octanol–water partition coefficient (Wildman–Crippen LogP) is 7.95. The minimum atomic E-state index is -3.72. The zero-order valence-electron chi connectivity index (χ0n) is 52.8. The van der Waals surface area contributed by atoms with Crippen molar-refractivity contribution in [1.29, 1.82) is 0 Å². The number of halogens is 9. The highest BCUT2D eigenvalue weighted by Crippen LogP contribution is 2.44. The number of carbonyl (C=O) groups excluding carboxylic acids is 4. The van der Waals surface area contributed by atoms with Crippen molar-refractivity contribution in [3.8, 4) is 0 Å². The summed E-state index contributed by atoms with van der Waals surface area (Å²) in [6, 6.07) is 2.55. The van der Waals surface area contributed by atoms with Crippen molar-refractivity contribution in [2.45, 2.75) is 196 Å². The number of hydrogen-bond donors (Lipinski definition) is 4. The molecule has 7 fully saturated rings. The van der Waals surface area contributed by atoms with Crippen molar-refractivity contribution in [1.82, 2.24) is 33.1 Å². The summed E-state index contributed by atoms with van der Waals surface area (Å²) >= 11 is 0. The highest BCUT2D eigenvalue weighted by Gasteiger charge is 2.49. The van der Waals surface area contributed by atoms with Gasteiger partial charge in [0.15, 0.2) is 40.7 Å². The van der Waals surface area contributed by atoms with Gasteiger partial charge in [-0.2, -0.15) is 17.0 Å². The SMILES string of the molecule is CN(C)S(=O)(=O)NCCS(=O)(=O)N1[C@@H]2CC[C@H]1CC([C@H](N)Cc1cc(F)c(F)cc1F)C2.Cc1cnc(C(=O)CCC(=O)N2[C@@H]3CC[C@H]2CC([C@H](N)Cc2cc(F)c(F)cc2F)C3)cn1.N[C@H](Cc1cc(F)c(F)cc1F)C1C[C@H]2CC[C@@H](C1)N2C(=O)CCC(=O)C1CC1. The van der Waals surface area contributed by atoms with Crippen LogP contribution in [0.4, 0.5) is 39.5 Å². The van der Waals surface area contributed by atoms with E-state index in [2.05, 4.69) is 14.7 Å². The number of nitrogens with zero attached hydrogens (tertiary/aromatic N) is 6. The molecule has 7 heterocycles. The molecule has 0 radical (unpaired) electrons. The number of aryl methyl sites for hydroxylation is 1. The second kappa shape index (κ2) is 30.6. The summed E-state index contributed by atoms with van der Waals surface area (Å²) in [6.45, 7) is 1.54. The molecule has 2 amide bonds. The van der Waals surface area contributed by atoms with Crippen LogP contribution in [0, 0.1) is 83.0 Å². The van der Waals surface area contributed by atoms with Gasteiger partial charge in [0.05, 0.1) is 17.6 Å². The Kier molecular flexibility index (Phi) is 23.6. The number of amides is 2. The van der Waals surface area contributed by atoms with Gasteiger partial charge < -0.3 is 27.0 Å². The second-order valence-electron chi connectivity index (χ2n) is 26.7. The van der Waals surface area contributed by atoms with E-state index in [4.69, 9.17) is 17.2 Å². The Morgan fingerprint density at radius 3 is 1.23 bits per heavy atom. The van der Waals surface area contributed by atoms with Gasteiger partial charge >= 0.3 is 0 Å². The summed E-state index contributed by atoms with van der Waals surface area (Å²) in [7, 11) is -4.73. The van der Waals surface area contributed by atoms with Crippen LogP contribution in [-0.2, 0) is 53.9 Å². The lowest BCUT2D eigenvalue weighted by Gasteiger charge is -2.41. The quantitative estimate of drug-likeness (QED) is 0.0312. The summed E-state index contributed by atoms with van der Waals surface area (Å²) in [5.41, 5.74) is 20.0. The number of nitrogens with two attached hydrogens (primary N) is 3. The molecule has 12 atom stereocenters. The number of benzene rings is 3. The molecule has 4 aromatic rings. The van der Waals surface area contributed by atoms with Gasteiger partial charge in [0.1, 0.15) is 28.9 Å². The zero-order valence-corrected chi connectivity index (χ0v) is 54.4. The van der Waals surface area contributed by atoms with Crippen molar-refractivity contribution in [2.75, 3.05) is 26.4 Å². The number of rotatable bonds is 23. The van der Waals surface area contributed by atoms with Gasteiger partial charge in [-0.3, -0.25) is 24.2 Å². The Morgan fingerprint density at radius 2 is 0.872 bits per heavy atom. The maximum atomic E-state index is 14.0. The lowest BCUT2D eigenvalue weighted by atomic mass is 9.82. The molecule has 7 aliphatic rings. The molecule has 6 aliphatic heterocycles. The maximum Gasteiger partial charge on any atom is 0.278 e. The molecule has 3 unspecified atom stereocenters. The van der Waals surface area contributed by atoms with Crippen LogP contribution >= 0.6 is 0 Å². The molecule has 6 saturated heterocycles. The van der Waals surface area contributed by atoms with Gasteiger partial charge in [-0.1, -0.05) is 0 Å². The summed E-state index contributed by atoms with van der Waals surface area (Å²) in [4.78, 5) is 61.8. The predicted molar refractivity (Wildman–Crippen MR) is 330 cm³/mol. The fourth-order valence-corrected chi connectivity index (χ4v) is 17.5. The molecule has 1 aromatic heterocycles. The highest BCUT2D eigenvalue weighted by atomic mass is 32.2. The van der Waals surface area contributed by atoms with Crippen LogP contribution in [0.2, 0.25) is 0 Å². The molecule has 516 valence electrons. The van der Waals surface area contributed by atoms with Crippen LogP contribution in [-0.4, -0.2) is 149 Å². The number of nitrogens with one attached hydrogen (secondary N) is 1. The molecule has 94 heavy (non-hydrogen) atoms. The standard InChI is InChI=1S/C24H27F3N4O2.C22H27F3N2O2.C19H29F3N4O4S2/c1-13-11-30-22(12-29-13)23(32)4-5-24(33)31-16-2-3-17(31)7-15(6-16)21(28)9-14-8-19(26)20(27)10-18(14)25;23-17-11-19(25)18(24)9-13(17)10-20(26)14-7-15-3-4-16(8-14)27(15)22(29)6-5-21(28)12-1-2-12;1-25(2)32(29,30)24-5-6-31(27,28)26-14-3-4-15(26)8-13(7-14)19(23)10-12-9-17(21)18(22)11-16(12)20/h8,10-12,15-17,21H,2-7,9,28H2,1H3;9,11-12,14-16,20H,1-8,10,26H2;9,11,13-15,19,24H,3-8,10,23H2,1-2H3/t15?,16-,17+,21-;14?,15-,16+,20-;13?,14-,15+,19-/m111/s1. The Bertz CT molecular complexity index is 3610. The van der Waals surface area contributed by atoms with Crippen LogP contribution < -0.4 is 21.9 Å². The molecule has 0 spiro atoms. The lowest BCUT2D eigenvalue weighted by molar-refractivity contribution is -0.138. The third-order valence-electron chi connectivity index (χ3n) is 20.0. The largest absolute Gasteiger partial charge is 0.337 e. The van der Waals surface area contributed by atoms with E-state index < -0.39 is 84.7 Å². The molecular weight excluding hydrogens is 1280 g/mol. The normalized spacial score (nSPS) is 25.1. The Balaban J connectivity index is 0.000000166. The Labute approximate surface area is 542 Å². The van der Waals surface area contributed by atoms with Crippen molar-refractivity contribution in [3.63, 3.8) is 0 Å². The molecule has 7 N–H and O–H groups in total. The fraction of sp³-hybridized carbons (Fsp3) is 0.600. The maximum absolute atomic E-state index is 14.0. The van der Waals surface area contributed by atoms with Crippen LogP contribution in [0.5, 0.6) is 0 Å². The first-order valence-electron chi connectivity index (χ1n) is 32.2. The Hall–Kier alpha value is -5.95. The van der Waals surface area contributed by atoms with Gasteiger partial charge in [0.2, 0.25) is 21.8 Å². The highest BCUT2D eigenvalue weighted by molar-refractivity contribution is 7.89. The molecular formula is C65H83F9N10O8S2. The van der Waals surface area contributed by atoms with Gasteiger partial charge in [-0.25, -0.2) is 57.6 Å². The summed E-state index contributed by atoms with van der Waals surface area (Å²) < 4.78 is 176. The third-order valence-corrected chi connectivity index (χ3v) is 23.5. The molecule has 1 saturated carbocycles. The number of hydrogen-bond acceptors (Lipinski definition) is 13. The van der Waals surface area contributed by atoms with E-state index in [1.54, 1.807) is 6.92 Å². The van der Waals surface area contributed by atoms with Crippen molar-refractivity contribution >= 4 is 43.6 Å². The van der Waals surface area contributed by atoms with Crippen LogP contribution in [0.3, 0.4) is 0 Å². The molecule has 1 aliphatic carbocycles. The minimum Gasteiger partial charge on any atom is -0.337 e. The topological polar surface area (TPSA) is 265 Å². The number of carbonyl (C=O) groups is 4. The van der Waals surface area contributed by atoms with Gasteiger partial charge in [-0.15, -0.1) is 0 Å². The van der Waals surface area contributed by atoms with E-state index >= 15 is 0 Å². The number of Topliss-reactive ketones (excluding diaryl/α,β-unsaturated/α-hetero) is 2. The van der Waals surface area contributed by atoms with E-state index in [9.17, 15) is 75.5 Å². The first-order chi connectivity index (χ1) is 44.4. The number of sulfonamides is 1. The van der Waals surface area contributed by atoms with Crippen LogP contribution in [0.1, 0.15) is 148 Å². The monoisotopic (exact) mass is 1370 g/mol. The van der Waals surface area contributed by atoms with Crippen molar-refractivity contribution < 1.29 is 75.5 Å². The third kappa shape index (κ3) is 17.6. The van der Waals surface area contributed by atoms with E-state index in [0.717, 1.165) is 73.9 Å². The number of piperidine rings is 3. The molecule has 3 aromatic carbocycles. The fourth-order valence-electron chi connectivity index (χ4n) is 14.9. The smallest absolute Gasteiger partial charge is 0.278 e. The zero-order chi connectivity index (χ0) is 68.2. The average Bonchev–Trinajstić information content (AvgIpc) is 1.62. The van der Waals surface area contributed by atoms with Gasteiger partial charge in [-0.05, 0) is 169 Å².